The topological polar surface area (TPSA) is 107 Å². The summed E-state index contributed by atoms with van der Waals surface area (Å²) in [6.07, 6.45) is 6.05. The highest BCUT2D eigenvalue weighted by molar-refractivity contribution is 5.69. The van der Waals surface area contributed by atoms with Crippen molar-refractivity contribution in [1.82, 2.24) is 9.55 Å². The van der Waals surface area contributed by atoms with E-state index in [1.54, 1.807) is 10.8 Å². The fourth-order valence-corrected chi connectivity index (χ4v) is 3.32. The van der Waals surface area contributed by atoms with Crippen molar-refractivity contribution in [3.8, 4) is 6.01 Å². The van der Waals surface area contributed by atoms with E-state index in [1.807, 2.05) is 0 Å². The number of esters is 1. The minimum absolute atomic E-state index is 0.00600. The third-order valence-corrected chi connectivity index (χ3v) is 4.80. The number of nitrogens with zero attached hydrogens (tertiary/aromatic N) is 2. The summed E-state index contributed by atoms with van der Waals surface area (Å²) < 4.78 is 18.3. The molecular weight excluding hydrogens is 338 g/mol. The Bertz CT molecular complexity index is 677. The Morgan fingerprint density at radius 2 is 2.12 bits per heavy atom. The number of aliphatic hydroxyl groups excluding tert-OH is 1. The number of ether oxygens (including phenoxy) is 3. The zero-order valence-corrected chi connectivity index (χ0v) is 15.1. The molecule has 1 aromatic heterocycles. The van der Waals surface area contributed by atoms with Crippen LogP contribution >= 0.6 is 0 Å². The molecule has 3 heterocycles. The number of aromatic nitrogens is 2. The van der Waals surface area contributed by atoms with E-state index >= 15 is 0 Å². The van der Waals surface area contributed by atoms with Crippen LogP contribution in [0.4, 0.5) is 0 Å². The lowest BCUT2D eigenvalue weighted by Crippen LogP contribution is -2.36. The van der Waals surface area contributed by atoms with Crippen molar-refractivity contribution in [2.75, 3.05) is 6.61 Å². The molecule has 0 aliphatic carbocycles. The first-order valence-corrected chi connectivity index (χ1v) is 9.39. The summed E-state index contributed by atoms with van der Waals surface area (Å²) in [5, 5.41) is 17.9. The van der Waals surface area contributed by atoms with E-state index < -0.39 is 24.5 Å². The minimum atomic E-state index is -0.919. The number of nitrogens with one attached hydrogen (secondary N) is 1. The lowest BCUT2D eigenvalue weighted by molar-refractivity contribution is -0.150. The summed E-state index contributed by atoms with van der Waals surface area (Å²) in [5.74, 6) is -0.261. The van der Waals surface area contributed by atoms with Crippen LogP contribution in [0.3, 0.4) is 0 Å². The second-order valence-corrected chi connectivity index (χ2v) is 6.84. The van der Waals surface area contributed by atoms with Gasteiger partial charge in [-0.3, -0.25) is 14.8 Å². The van der Waals surface area contributed by atoms with Gasteiger partial charge in [0.05, 0.1) is 0 Å². The summed E-state index contributed by atoms with van der Waals surface area (Å²) in [6, 6.07) is 1.78. The van der Waals surface area contributed by atoms with E-state index in [4.69, 9.17) is 19.6 Å². The Labute approximate surface area is 152 Å². The third kappa shape index (κ3) is 4.24. The maximum atomic E-state index is 11.9. The fourth-order valence-electron chi connectivity index (χ4n) is 3.32. The molecule has 26 heavy (non-hydrogen) atoms. The van der Waals surface area contributed by atoms with E-state index in [0.29, 0.717) is 6.42 Å². The van der Waals surface area contributed by atoms with Crippen molar-refractivity contribution in [1.29, 1.82) is 5.41 Å². The maximum Gasteiger partial charge on any atom is 0.305 e. The molecule has 1 saturated heterocycles. The molecule has 4 atom stereocenters. The van der Waals surface area contributed by atoms with Crippen molar-refractivity contribution < 1.29 is 24.1 Å². The molecule has 0 radical (unpaired) electrons. The van der Waals surface area contributed by atoms with Gasteiger partial charge in [0, 0.05) is 12.6 Å². The molecule has 3 rings (SSSR count). The number of unbranched alkanes of at least 4 members (excludes halogenated alkanes) is 5. The first-order valence-electron chi connectivity index (χ1n) is 9.39. The van der Waals surface area contributed by atoms with Gasteiger partial charge in [0.25, 0.3) is 0 Å². The number of carbonyl (C=O) groups is 1. The van der Waals surface area contributed by atoms with Crippen LogP contribution in [-0.4, -0.2) is 45.5 Å². The van der Waals surface area contributed by atoms with E-state index in [1.165, 1.54) is 25.3 Å². The van der Waals surface area contributed by atoms with Gasteiger partial charge in [0.1, 0.15) is 18.8 Å². The molecule has 0 aromatic carbocycles. The van der Waals surface area contributed by atoms with Gasteiger partial charge >= 0.3 is 12.0 Å². The molecule has 0 unspecified atom stereocenters. The average molecular weight is 365 g/mol. The van der Waals surface area contributed by atoms with Crippen LogP contribution in [0.2, 0.25) is 0 Å². The number of fused-ring (bicyclic) bond motifs is 3. The van der Waals surface area contributed by atoms with Crippen LogP contribution in [0.25, 0.3) is 0 Å². The lowest BCUT2D eigenvalue weighted by atomic mass is 10.1. The molecular formula is C18H27N3O5. The molecule has 8 heteroatoms. The Morgan fingerprint density at radius 1 is 1.35 bits per heavy atom. The molecule has 144 valence electrons. The largest absolute Gasteiger partial charge is 0.463 e. The van der Waals surface area contributed by atoms with E-state index in [9.17, 15) is 9.90 Å². The fraction of sp³-hybridized carbons (Fsp3) is 0.722. The van der Waals surface area contributed by atoms with E-state index in [0.717, 1.165) is 19.3 Å². The molecule has 0 bridgehead atoms. The normalized spacial score (nSPS) is 26.2. The van der Waals surface area contributed by atoms with Crippen LogP contribution in [0, 0.1) is 5.41 Å². The van der Waals surface area contributed by atoms with Crippen molar-refractivity contribution in [3.63, 3.8) is 0 Å². The zero-order chi connectivity index (χ0) is 18.5. The van der Waals surface area contributed by atoms with Gasteiger partial charge in [-0.15, -0.1) is 0 Å². The molecule has 8 nitrogen and oxygen atoms in total. The quantitative estimate of drug-likeness (QED) is 0.509. The van der Waals surface area contributed by atoms with Crippen molar-refractivity contribution in [2.24, 2.45) is 0 Å². The zero-order valence-electron chi connectivity index (χ0n) is 15.1. The first-order chi connectivity index (χ1) is 12.6. The maximum absolute atomic E-state index is 11.9. The molecule has 0 saturated carbocycles. The van der Waals surface area contributed by atoms with E-state index in [2.05, 4.69) is 11.9 Å². The predicted octanol–water partition coefficient (Wildman–Crippen LogP) is 1.68. The Hall–Kier alpha value is -1.93. The van der Waals surface area contributed by atoms with Crippen molar-refractivity contribution in [2.45, 2.75) is 76.4 Å². The standard InChI is InChI=1S/C18H27N3O5/c1-2-3-4-5-6-7-8-14(22)24-11-12-15(23)16-17(25-12)21-10-9-13(19)20-18(21)26-16/h9-10,12,15-17,19,23H,2-8,11H2,1H3/t12-,15-,16+,17-/m1/s1. The van der Waals surface area contributed by atoms with Crippen molar-refractivity contribution >= 4 is 5.97 Å². The second-order valence-electron chi connectivity index (χ2n) is 6.84. The monoisotopic (exact) mass is 365 g/mol. The number of aliphatic hydroxyl groups is 1. The number of rotatable bonds is 9. The number of hydrogen-bond donors (Lipinski definition) is 2. The van der Waals surface area contributed by atoms with Crippen LogP contribution in [0.15, 0.2) is 12.3 Å². The molecule has 0 spiro atoms. The highest BCUT2D eigenvalue weighted by Gasteiger charge is 2.51. The summed E-state index contributed by atoms with van der Waals surface area (Å²) in [6.45, 7) is 2.18. The minimum Gasteiger partial charge on any atom is -0.463 e. The summed E-state index contributed by atoms with van der Waals surface area (Å²) in [7, 11) is 0. The molecule has 2 aliphatic heterocycles. The molecule has 1 fully saturated rings. The Kier molecular flexibility index (Phi) is 6.26. The van der Waals surface area contributed by atoms with Crippen molar-refractivity contribution in [3.05, 3.63) is 17.8 Å². The smallest absolute Gasteiger partial charge is 0.305 e. The van der Waals surface area contributed by atoms with Gasteiger partial charge in [0.2, 0.25) is 0 Å². The molecule has 1 aromatic rings. The van der Waals surface area contributed by atoms with Gasteiger partial charge < -0.3 is 19.3 Å². The molecule has 0 amide bonds. The summed E-state index contributed by atoms with van der Waals surface area (Å²) in [5.41, 5.74) is 0.0888. The van der Waals surface area contributed by atoms with Crippen LogP contribution in [0.5, 0.6) is 6.01 Å². The van der Waals surface area contributed by atoms with Gasteiger partial charge in [-0.2, -0.15) is 4.98 Å². The summed E-state index contributed by atoms with van der Waals surface area (Å²) in [4.78, 5) is 15.8. The highest BCUT2D eigenvalue weighted by atomic mass is 16.6. The number of hydrogen-bond acceptors (Lipinski definition) is 7. The third-order valence-electron chi connectivity index (χ3n) is 4.80. The Morgan fingerprint density at radius 3 is 2.92 bits per heavy atom. The SMILES string of the molecule is CCCCCCCCC(=O)OC[C@H]1O[C@@H]2[C@@H](Oc3nc(=N)ccn32)[C@@H]1O. The Balaban J connectivity index is 1.41. The van der Waals surface area contributed by atoms with Crippen LogP contribution < -0.4 is 10.2 Å². The molecule has 2 N–H and O–H groups in total. The second kappa shape index (κ2) is 8.64. The van der Waals surface area contributed by atoms with E-state index in [-0.39, 0.29) is 24.1 Å². The molecule has 2 aliphatic rings. The van der Waals surface area contributed by atoms with Crippen LogP contribution in [0.1, 0.15) is 58.1 Å². The number of carbonyl (C=O) groups excluding carboxylic acids is 1. The van der Waals surface area contributed by atoms with Gasteiger partial charge in [-0.25, -0.2) is 0 Å². The lowest BCUT2D eigenvalue weighted by Gasteiger charge is -2.17. The first kappa shape index (κ1) is 18.8. The van der Waals surface area contributed by atoms with Gasteiger partial charge in [-0.05, 0) is 12.5 Å². The predicted molar refractivity (Wildman–Crippen MR) is 91.4 cm³/mol. The van der Waals surface area contributed by atoms with Crippen LogP contribution in [-0.2, 0) is 14.3 Å². The highest BCUT2D eigenvalue weighted by Crippen LogP contribution is 2.38. The average Bonchev–Trinajstić information content (AvgIpc) is 3.12. The van der Waals surface area contributed by atoms with Gasteiger partial charge in [0.15, 0.2) is 17.8 Å². The summed E-state index contributed by atoms with van der Waals surface area (Å²) >= 11 is 0. The van der Waals surface area contributed by atoms with Gasteiger partial charge in [-0.1, -0.05) is 39.0 Å².